The fraction of sp³-hybridized carbons (Fsp3) is 0.200. The Hall–Kier alpha value is -4.18. The van der Waals surface area contributed by atoms with Gasteiger partial charge in [-0.15, -0.1) is 11.3 Å². The minimum atomic E-state index is -0.837. The molecule has 1 aliphatic heterocycles. The number of ether oxygens (including phenoxy) is 1. The first-order valence-corrected chi connectivity index (χ1v) is 11.7. The summed E-state index contributed by atoms with van der Waals surface area (Å²) in [6, 6.07) is 7.71. The molecule has 9 nitrogen and oxygen atoms in total. The van der Waals surface area contributed by atoms with Crippen LogP contribution >= 0.6 is 11.3 Å². The number of imide groups is 1. The van der Waals surface area contributed by atoms with Crippen LogP contribution in [0.1, 0.15) is 65.9 Å². The molecule has 0 spiro atoms. The van der Waals surface area contributed by atoms with Gasteiger partial charge in [-0.05, 0) is 62.2 Å². The highest BCUT2D eigenvalue weighted by atomic mass is 32.1. The van der Waals surface area contributed by atoms with Crippen molar-refractivity contribution in [3.8, 4) is 0 Å². The van der Waals surface area contributed by atoms with Gasteiger partial charge < -0.3 is 9.72 Å². The molecule has 35 heavy (non-hydrogen) atoms. The monoisotopic (exact) mass is 488 g/mol. The number of thiophene rings is 1. The summed E-state index contributed by atoms with van der Waals surface area (Å²) < 4.78 is 5.52. The van der Waals surface area contributed by atoms with Gasteiger partial charge in [-0.3, -0.25) is 24.3 Å². The van der Waals surface area contributed by atoms with E-state index in [-0.39, 0.29) is 34.6 Å². The molecule has 4 aromatic rings. The minimum Gasteiger partial charge on any atom is -0.451 e. The van der Waals surface area contributed by atoms with Crippen LogP contribution in [0.3, 0.4) is 0 Å². The molecular weight excluding hydrogens is 468 g/mol. The zero-order valence-electron chi connectivity index (χ0n) is 19.1. The molecule has 0 fully saturated rings. The molecule has 1 N–H and O–H groups in total. The molecule has 2 amide bonds. The molecule has 1 unspecified atom stereocenters. The fourth-order valence-electron chi connectivity index (χ4n) is 3.98. The van der Waals surface area contributed by atoms with Gasteiger partial charge in [-0.2, -0.15) is 0 Å². The summed E-state index contributed by atoms with van der Waals surface area (Å²) in [4.78, 5) is 64.9. The number of benzene rings is 1. The van der Waals surface area contributed by atoms with Crippen molar-refractivity contribution in [2.24, 2.45) is 0 Å². The van der Waals surface area contributed by atoms with Gasteiger partial charge in [0.1, 0.15) is 4.83 Å². The second-order valence-electron chi connectivity index (χ2n) is 8.27. The summed E-state index contributed by atoms with van der Waals surface area (Å²) in [5.74, 6) is -1.38. The van der Waals surface area contributed by atoms with Crippen molar-refractivity contribution < 1.29 is 19.1 Å². The molecule has 1 atom stereocenters. The number of fused-ring (bicyclic) bond motifs is 2. The summed E-state index contributed by atoms with van der Waals surface area (Å²) in [5, 5.41) is 0.535. The van der Waals surface area contributed by atoms with Crippen molar-refractivity contribution in [3.05, 3.63) is 91.6 Å². The van der Waals surface area contributed by atoms with E-state index >= 15 is 0 Å². The van der Waals surface area contributed by atoms with E-state index in [1.54, 1.807) is 31.5 Å². The topological polar surface area (TPSA) is 122 Å². The maximum atomic E-state index is 12.9. The Morgan fingerprint density at radius 1 is 1.09 bits per heavy atom. The predicted octanol–water partition coefficient (Wildman–Crippen LogP) is 3.71. The van der Waals surface area contributed by atoms with E-state index in [0.29, 0.717) is 10.2 Å². The van der Waals surface area contributed by atoms with Gasteiger partial charge in [0.15, 0.2) is 11.9 Å². The van der Waals surface area contributed by atoms with Crippen LogP contribution in [0.15, 0.2) is 47.5 Å². The molecule has 0 aliphatic carbocycles. The number of esters is 1. The van der Waals surface area contributed by atoms with Crippen molar-refractivity contribution in [2.75, 3.05) is 0 Å². The Balaban J connectivity index is 1.36. The second kappa shape index (κ2) is 8.55. The fourth-order valence-corrected chi connectivity index (χ4v) is 5.02. The van der Waals surface area contributed by atoms with Gasteiger partial charge in [0, 0.05) is 17.3 Å². The van der Waals surface area contributed by atoms with Crippen molar-refractivity contribution in [1.82, 2.24) is 19.9 Å². The number of rotatable bonds is 5. The third-order valence-electron chi connectivity index (χ3n) is 6.02. The highest BCUT2D eigenvalue weighted by molar-refractivity contribution is 7.18. The SMILES string of the molecule is Cc1sc2nc(C(C)OC(=O)c3ccc4c(c3)C(=O)N(Cc3ccncc3)C4=O)[nH]c(=O)c2c1C. The van der Waals surface area contributed by atoms with Crippen LogP contribution in [0.4, 0.5) is 0 Å². The number of hydrogen-bond donors (Lipinski definition) is 1. The number of carbonyl (C=O) groups excluding carboxylic acids is 3. The van der Waals surface area contributed by atoms with Gasteiger partial charge in [-0.1, -0.05) is 0 Å². The summed E-state index contributed by atoms with van der Waals surface area (Å²) in [5.41, 5.74) is 1.85. The molecule has 0 bridgehead atoms. The lowest BCUT2D eigenvalue weighted by molar-refractivity contribution is 0.0320. The lowest BCUT2D eigenvalue weighted by Gasteiger charge is -2.13. The second-order valence-corrected chi connectivity index (χ2v) is 9.48. The number of pyridine rings is 1. The standard InChI is InChI=1S/C25H20N4O5S/c1-12-14(3)35-22-19(12)21(30)27-20(28-22)13(2)34-25(33)16-4-5-17-18(10-16)24(32)29(23(17)31)11-15-6-8-26-9-7-15/h4-10,13H,11H2,1-3H3,(H,27,28,30). The third-order valence-corrected chi connectivity index (χ3v) is 7.12. The van der Waals surface area contributed by atoms with Crippen molar-refractivity contribution >= 4 is 39.3 Å². The number of nitrogens with one attached hydrogen (secondary N) is 1. The Bertz CT molecular complexity index is 1570. The highest BCUT2D eigenvalue weighted by Gasteiger charge is 2.36. The predicted molar refractivity (Wildman–Crippen MR) is 128 cm³/mol. The minimum absolute atomic E-state index is 0.106. The number of aromatic amines is 1. The van der Waals surface area contributed by atoms with Crippen molar-refractivity contribution in [1.29, 1.82) is 0 Å². The van der Waals surface area contributed by atoms with Crippen LogP contribution in [0.25, 0.3) is 10.2 Å². The van der Waals surface area contributed by atoms with E-state index in [4.69, 9.17) is 4.74 Å². The average molecular weight is 489 g/mol. The Morgan fingerprint density at radius 3 is 2.54 bits per heavy atom. The molecule has 10 heteroatoms. The molecule has 0 saturated heterocycles. The van der Waals surface area contributed by atoms with Crippen LogP contribution in [-0.4, -0.2) is 37.6 Å². The van der Waals surface area contributed by atoms with Crippen LogP contribution in [0.5, 0.6) is 0 Å². The number of aromatic nitrogens is 3. The van der Waals surface area contributed by atoms with Gasteiger partial charge in [0.05, 0.1) is 28.6 Å². The van der Waals surface area contributed by atoms with E-state index < -0.39 is 23.9 Å². The Morgan fingerprint density at radius 2 is 1.80 bits per heavy atom. The normalized spacial score (nSPS) is 13.9. The molecule has 0 radical (unpaired) electrons. The molecule has 1 aromatic carbocycles. The summed E-state index contributed by atoms with van der Waals surface area (Å²) in [7, 11) is 0. The smallest absolute Gasteiger partial charge is 0.338 e. The van der Waals surface area contributed by atoms with Gasteiger partial charge >= 0.3 is 5.97 Å². The number of carbonyl (C=O) groups is 3. The summed E-state index contributed by atoms with van der Waals surface area (Å²) >= 11 is 1.41. The van der Waals surface area contributed by atoms with Gasteiger partial charge in [0.25, 0.3) is 17.4 Å². The highest BCUT2D eigenvalue weighted by Crippen LogP contribution is 2.28. The van der Waals surface area contributed by atoms with Gasteiger partial charge in [0.2, 0.25) is 0 Å². The summed E-state index contributed by atoms with van der Waals surface area (Å²) in [6.07, 6.45) is 2.34. The van der Waals surface area contributed by atoms with Crippen LogP contribution in [0, 0.1) is 13.8 Å². The Labute approximate surface area is 203 Å². The van der Waals surface area contributed by atoms with E-state index in [1.807, 2.05) is 13.8 Å². The first-order chi connectivity index (χ1) is 16.7. The Kier molecular flexibility index (Phi) is 5.52. The number of amides is 2. The van der Waals surface area contributed by atoms with E-state index in [0.717, 1.165) is 20.9 Å². The van der Waals surface area contributed by atoms with E-state index in [9.17, 15) is 19.2 Å². The van der Waals surface area contributed by atoms with E-state index in [2.05, 4.69) is 15.0 Å². The number of hydrogen-bond acceptors (Lipinski definition) is 8. The quantitative estimate of drug-likeness (QED) is 0.336. The van der Waals surface area contributed by atoms with Crippen LogP contribution in [-0.2, 0) is 11.3 Å². The lowest BCUT2D eigenvalue weighted by Crippen LogP contribution is -2.29. The van der Waals surface area contributed by atoms with Gasteiger partial charge in [-0.25, -0.2) is 9.78 Å². The van der Waals surface area contributed by atoms with Crippen molar-refractivity contribution in [2.45, 2.75) is 33.4 Å². The zero-order chi connectivity index (χ0) is 24.9. The molecule has 1 aliphatic rings. The molecule has 0 saturated carbocycles. The maximum absolute atomic E-state index is 12.9. The number of aryl methyl sites for hydroxylation is 2. The number of nitrogens with zero attached hydrogens (tertiary/aromatic N) is 3. The average Bonchev–Trinajstić information content (AvgIpc) is 3.27. The summed E-state index contributed by atoms with van der Waals surface area (Å²) in [6.45, 7) is 5.50. The molecule has 3 aromatic heterocycles. The number of H-pyrrole nitrogens is 1. The first-order valence-electron chi connectivity index (χ1n) is 10.8. The third kappa shape index (κ3) is 3.91. The molecule has 4 heterocycles. The maximum Gasteiger partial charge on any atom is 0.338 e. The molecule has 176 valence electrons. The van der Waals surface area contributed by atoms with Crippen molar-refractivity contribution in [3.63, 3.8) is 0 Å². The lowest BCUT2D eigenvalue weighted by atomic mass is 10.1. The van der Waals surface area contributed by atoms with Crippen LogP contribution in [0.2, 0.25) is 0 Å². The largest absolute Gasteiger partial charge is 0.451 e. The molecule has 5 rings (SSSR count). The zero-order valence-corrected chi connectivity index (χ0v) is 19.9. The first kappa shape index (κ1) is 22.6. The van der Waals surface area contributed by atoms with Crippen LogP contribution < -0.4 is 5.56 Å². The molecular formula is C25H20N4O5S. The van der Waals surface area contributed by atoms with E-state index in [1.165, 1.54) is 29.5 Å².